The average Bonchev–Trinajstić information content (AvgIpc) is 3.22. The fourth-order valence-electron chi connectivity index (χ4n) is 6.93. The third kappa shape index (κ3) is 4.36. The molecule has 2 aliphatic carbocycles. The predicted octanol–water partition coefficient (Wildman–Crippen LogP) is 4.58. The van der Waals surface area contributed by atoms with Crippen molar-refractivity contribution < 1.29 is 22.7 Å². The fraction of sp³-hybridized carbons (Fsp3) is 0.769. The first-order valence-corrected chi connectivity index (χ1v) is 12.9. The van der Waals surface area contributed by atoms with E-state index in [4.69, 9.17) is 4.74 Å². The number of hydrogen-bond donors (Lipinski definition) is 1. The zero-order valence-electron chi connectivity index (χ0n) is 20.2. The number of pyridine rings is 1. The number of carbonyl (C=O) groups excluding carboxylic acids is 1. The number of nitrogens with one attached hydrogen (secondary N) is 1. The molecule has 4 aliphatic rings. The van der Waals surface area contributed by atoms with Gasteiger partial charge < -0.3 is 15.0 Å². The van der Waals surface area contributed by atoms with Gasteiger partial charge in [0.05, 0.1) is 24.2 Å². The van der Waals surface area contributed by atoms with Crippen molar-refractivity contribution in [1.29, 1.82) is 0 Å². The molecule has 34 heavy (non-hydrogen) atoms. The number of hydrogen-bond acceptors (Lipinski definition) is 4. The first-order valence-electron chi connectivity index (χ1n) is 12.9. The maximum atomic E-state index is 13.9. The summed E-state index contributed by atoms with van der Waals surface area (Å²) in [6.45, 7) is 6.62. The highest BCUT2D eigenvalue weighted by Gasteiger charge is 2.51. The quantitative estimate of drug-likeness (QED) is 0.687. The third-order valence-corrected chi connectivity index (χ3v) is 8.99. The van der Waals surface area contributed by atoms with E-state index in [0.717, 1.165) is 38.7 Å². The highest BCUT2D eigenvalue weighted by molar-refractivity contribution is 5.83. The minimum absolute atomic E-state index is 0.0991. The summed E-state index contributed by atoms with van der Waals surface area (Å²) in [5, 5.41) is 3.94. The van der Waals surface area contributed by atoms with Crippen LogP contribution in [0.3, 0.4) is 0 Å². The second kappa shape index (κ2) is 9.08. The number of rotatable bonds is 4. The average molecular weight is 480 g/mol. The molecule has 8 heteroatoms. The maximum Gasteiger partial charge on any atom is 0.417 e. The van der Waals surface area contributed by atoms with Gasteiger partial charge in [-0.15, -0.1) is 0 Å². The largest absolute Gasteiger partial charge is 0.417 e. The van der Waals surface area contributed by atoms with E-state index in [2.05, 4.69) is 24.1 Å². The van der Waals surface area contributed by atoms with Crippen molar-refractivity contribution in [1.82, 2.24) is 15.2 Å². The van der Waals surface area contributed by atoms with Crippen LogP contribution >= 0.6 is 0 Å². The van der Waals surface area contributed by atoms with Gasteiger partial charge in [0.25, 0.3) is 0 Å². The first kappa shape index (κ1) is 24.0. The molecule has 1 N–H and O–H groups in total. The molecule has 2 aliphatic heterocycles. The number of nitrogens with zero attached hydrogens (tertiary/aromatic N) is 2. The Morgan fingerprint density at radius 3 is 2.65 bits per heavy atom. The molecule has 4 atom stereocenters. The number of fused-ring (bicyclic) bond motifs is 3. The highest BCUT2D eigenvalue weighted by atomic mass is 19.4. The van der Waals surface area contributed by atoms with Crippen molar-refractivity contribution in [2.45, 2.75) is 83.6 Å². The smallest absolute Gasteiger partial charge is 0.381 e. The Balaban J connectivity index is 1.30. The van der Waals surface area contributed by atoms with Crippen LogP contribution < -0.4 is 5.32 Å². The lowest BCUT2D eigenvalue weighted by Gasteiger charge is -2.44. The zero-order valence-corrected chi connectivity index (χ0v) is 20.2. The minimum atomic E-state index is -4.43. The molecule has 1 saturated heterocycles. The lowest BCUT2D eigenvalue weighted by Crippen LogP contribution is -2.54. The number of alkyl halides is 3. The highest BCUT2D eigenvalue weighted by Crippen LogP contribution is 2.47. The summed E-state index contributed by atoms with van der Waals surface area (Å²) in [7, 11) is 0. The van der Waals surface area contributed by atoms with E-state index in [-0.39, 0.29) is 18.4 Å². The zero-order chi connectivity index (χ0) is 24.1. The molecule has 4 unspecified atom stereocenters. The van der Waals surface area contributed by atoms with E-state index < -0.39 is 17.2 Å². The molecule has 5 nitrogen and oxygen atoms in total. The van der Waals surface area contributed by atoms with Gasteiger partial charge in [-0.2, -0.15) is 13.2 Å². The van der Waals surface area contributed by atoms with Gasteiger partial charge >= 0.3 is 6.18 Å². The number of aromatic nitrogens is 1. The van der Waals surface area contributed by atoms with Crippen molar-refractivity contribution in [3.05, 3.63) is 29.1 Å². The van der Waals surface area contributed by atoms with Gasteiger partial charge in [0.15, 0.2) is 0 Å². The number of halogens is 3. The fourth-order valence-corrected chi connectivity index (χ4v) is 6.93. The lowest BCUT2D eigenvalue weighted by atomic mass is 9.73. The van der Waals surface area contributed by atoms with Crippen LogP contribution in [0, 0.1) is 23.2 Å². The van der Waals surface area contributed by atoms with Gasteiger partial charge in [-0.05, 0) is 61.5 Å². The Hall–Kier alpha value is -1.67. The number of amides is 1. The van der Waals surface area contributed by atoms with Crippen LogP contribution in [0.5, 0.6) is 0 Å². The molecule has 0 aromatic carbocycles. The van der Waals surface area contributed by atoms with Crippen LogP contribution in [0.4, 0.5) is 13.2 Å². The third-order valence-electron chi connectivity index (χ3n) is 8.99. The maximum absolute atomic E-state index is 13.9. The van der Waals surface area contributed by atoms with Crippen LogP contribution in [-0.4, -0.2) is 47.6 Å². The summed E-state index contributed by atoms with van der Waals surface area (Å²) in [4.78, 5) is 19.8. The summed E-state index contributed by atoms with van der Waals surface area (Å²) in [5.74, 6) is 1.39. The molecular weight excluding hydrogens is 443 g/mol. The van der Waals surface area contributed by atoms with Gasteiger partial charge in [0, 0.05) is 43.5 Å². The van der Waals surface area contributed by atoms with Crippen molar-refractivity contribution >= 4 is 5.91 Å². The normalized spacial score (nSPS) is 33.8. The number of carbonyl (C=O) groups is 1. The molecule has 1 aromatic heterocycles. The molecular formula is C26H36F3N3O2. The van der Waals surface area contributed by atoms with Crippen molar-refractivity contribution in [2.75, 3.05) is 19.8 Å². The summed E-state index contributed by atoms with van der Waals surface area (Å²) in [6, 6.07) is 1.94. The van der Waals surface area contributed by atoms with E-state index in [9.17, 15) is 18.0 Å². The topological polar surface area (TPSA) is 54.5 Å². The predicted molar refractivity (Wildman–Crippen MR) is 122 cm³/mol. The van der Waals surface area contributed by atoms with Gasteiger partial charge in [-0.25, -0.2) is 0 Å². The monoisotopic (exact) mass is 479 g/mol. The van der Waals surface area contributed by atoms with E-state index in [1.165, 1.54) is 25.3 Å². The van der Waals surface area contributed by atoms with E-state index in [1.54, 1.807) is 4.90 Å². The molecule has 1 amide bonds. The Bertz CT molecular complexity index is 899. The van der Waals surface area contributed by atoms with Gasteiger partial charge in [0.1, 0.15) is 0 Å². The van der Waals surface area contributed by atoms with Crippen LogP contribution in [0.2, 0.25) is 0 Å². The molecule has 0 radical (unpaired) electrons. The van der Waals surface area contributed by atoms with Gasteiger partial charge in [-0.1, -0.05) is 20.3 Å². The van der Waals surface area contributed by atoms with Crippen LogP contribution in [0.25, 0.3) is 0 Å². The van der Waals surface area contributed by atoms with Crippen LogP contribution in [-0.2, 0) is 28.7 Å². The number of ether oxygens (including phenoxy) is 1. The summed E-state index contributed by atoms with van der Waals surface area (Å²) < 4.78 is 45.4. The molecule has 1 aromatic rings. The van der Waals surface area contributed by atoms with E-state index >= 15 is 0 Å². The van der Waals surface area contributed by atoms with Gasteiger partial charge in [-0.3, -0.25) is 9.78 Å². The van der Waals surface area contributed by atoms with E-state index in [1.807, 2.05) is 0 Å². The van der Waals surface area contributed by atoms with Crippen molar-refractivity contribution in [3.63, 3.8) is 0 Å². The standard InChI is InChI=1S/C26H36F3N3O2/c1-16(2)25(8-6-21(11-25)31-23-17-4-3-5-18(23)15-34-14-17)24(33)32-9-7-22-19(13-32)10-20(12-30-22)26(27,28)29/h10,12,16-18,21,23,31H,3-9,11,13-15H2,1-2H3. The SMILES string of the molecule is CC(C)C1(C(=O)N2CCc3ncc(C(F)(F)F)cc3C2)CCC(NC2C3CCCC2COC3)C1. The van der Waals surface area contributed by atoms with Gasteiger partial charge in [0.2, 0.25) is 5.91 Å². The lowest BCUT2D eigenvalue weighted by molar-refractivity contribution is -0.146. The van der Waals surface area contributed by atoms with Crippen molar-refractivity contribution in [2.24, 2.45) is 23.2 Å². The Morgan fingerprint density at radius 2 is 1.97 bits per heavy atom. The molecule has 3 fully saturated rings. The Morgan fingerprint density at radius 1 is 1.24 bits per heavy atom. The summed E-state index contributed by atoms with van der Waals surface area (Å²) >= 11 is 0. The second-order valence-corrected chi connectivity index (χ2v) is 11.2. The second-order valence-electron chi connectivity index (χ2n) is 11.2. The van der Waals surface area contributed by atoms with E-state index in [0.29, 0.717) is 48.1 Å². The Kier molecular flexibility index (Phi) is 6.42. The van der Waals surface area contributed by atoms with Crippen LogP contribution in [0.1, 0.15) is 69.2 Å². The van der Waals surface area contributed by atoms with Crippen LogP contribution in [0.15, 0.2) is 12.3 Å². The Labute approximate surface area is 199 Å². The van der Waals surface area contributed by atoms with Crippen molar-refractivity contribution in [3.8, 4) is 0 Å². The molecule has 2 saturated carbocycles. The molecule has 0 spiro atoms. The first-order chi connectivity index (χ1) is 16.2. The minimum Gasteiger partial charge on any atom is -0.381 e. The summed E-state index contributed by atoms with van der Waals surface area (Å²) in [6.07, 6.45) is 3.24. The summed E-state index contributed by atoms with van der Waals surface area (Å²) in [5.41, 5.74) is -0.0141. The molecule has 3 heterocycles. The molecule has 188 valence electrons. The molecule has 2 bridgehead atoms. The molecule has 5 rings (SSSR count).